The van der Waals surface area contributed by atoms with Crippen LogP contribution in [0, 0.1) is 5.92 Å². The average Bonchev–Trinajstić information content (AvgIpc) is 2.91. The monoisotopic (exact) mass is 309 g/mol. The smallest absolute Gasteiger partial charge is 0.229 e. The number of aromatic nitrogens is 1. The zero-order valence-corrected chi connectivity index (χ0v) is 12.1. The molecule has 1 aliphatic rings. The summed E-state index contributed by atoms with van der Waals surface area (Å²) < 4.78 is 0.974. The van der Waals surface area contributed by atoms with Crippen molar-refractivity contribution >= 4 is 50.7 Å². The minimum atomic E-state index is -0.224. The normalized spacial score (nSPS) is 18.9. The highest BCUT2D eigenvalue weighted by Gasteiger charge is 2.25. The lowest BCUT2D eigenvalue weighted by molar-refractivity contribution is -0.126. The maximum absolute atomic E-state index is 12.2. The predicted molar refractivity (Wildman–Crippen MR) is 79.0 cm³/mol. The third-order valence-corrected chi connectivity index (χ3v) is 4.45. The van der Waals surface area contributed by atoms with Gasteiger partial charge >= 0.3 is 0 Å². The van der Waals surface area contributed by atoms with Gasteiger partial charge in [-0.15, -0.1) is 11.3 Å². The van der Waals surface area contributed by atoms with Crippen molar-refractivity contribution in [2.24, 2.45) is 5.92 Å². The quantitative estimate of drug-likeness (QED) is 0.895. The second kappa shape index (κ2) is 5.38. The van der Waals surface area contributed by atoms with Gasteiger partial charge in [-0.1, -0.05) is 11.6 Å². The zero-order chi connectivity index (χ0) is 14.1. The number of anilines is 1. The van der Waals surface area contributed by atoms with Gasteiger partial charge in [-0.05, 0) is 18.6 Å². The fourth-order valence-corrected chi connectivity index (χ4v) is 3.09. The number of hydrogen-bond donors (Lipinski definition) is 2. The Morgan fingerprint density at radius 1 is 1.50 bits per heavy atom. The van der Waals surface area contributed by atoms with E-state index in [1.54, 1.807) is 11.6 Å². The summed E-state index contributed by atoms with van der Waals surface area (Å²) in [6.07, 6.45) is 0.940. The van der Waals surface area contributed by atoms with E-state index in [-0.39, 0.29) is 17.7 Å². The van der Waals surface area contributed by atoms with Gasteiger partial charge in [-0.2, -0.15) is 0 Å². The van der Waals surface area contributed by atoms with E-state index in [0.717, 1.165) is 4.70 Å². The molecule has 1 aromatic heterocycles. The largest absolute Gasteiger partial charge is 0.355 e. The van der Waals surface area contributed by atoms with Crippen molar-refractivity contribution in [1.82, 2.24) is 10.3 Å². The molecular weight excluding hydrogens is 298 g/mol. The van der Waals surface area contributed by atoms with E-state index in [0.29, 0.717) is 35.6 Å². The van der Waals surface area contributed by atoms with Crippen LogP contribution in [0.5, 0.6) is 0 Å². The van der Waals surface area contributed by atoms with Crippen molar-refractivity contribution in [3.8, 4) is 0 Å². The number of halogens is 1. The first-order valence-corrected chi connectivity index (χ1v) is 7.50. The van der Waals surface area contributed by atoms with Crippen LogP contribution in [0.25, 0.3) is 10.2 Å². The van der Waals surface area contributed by atoms with Gasteiger partial charge in [0.15, 0.2) is 0 Å². The zero-order valence-electron chi connectivity index (χ0n) is 10.5. The minimum Gasteiger partial charge on any atom is -0.355 e. The second-order valence-corrected chi connectivity index (χ2v) is 5.94. The summed E-state index contributed by atoms with van der Waals surface area (Å²) in [5.41, 5.74) is 2.97. The topological polar surface area (TPSA) is 71.1 Å². The number of nitrogens with zero attached hydrogens (tertiary/aromatic N) is 1. The molecule has 3 rings (SSSR count). The van der Waals surface area contributed by atoms with E-state index in [2.05, 4.69) is 15.6 Å². The summed E-state index contributed by atoms with van der Waals surface area (Å²) in [4.78, 5) is 27.6. The molecule has 1 fully saturated rings. The predicted octanol–water partition coefficient (Wildman–Crippen LogP) is 2.41. The third-order valence-electron chi connectivity index (χ3n) is 3.34. The Hall–Kier alpha value is -1.66. The summed E-state index contributed by atoms with van der Waals surface area (Å²) in [6, 6.07) is 3.63. The number of hydrogen-bond acceptors (Lipinski definition) is 4. The van der Waals surface area contributed by atoms with E-state index in [9.17, 15) is 9.59 Å². The molecule has 2 amide bonds. The lowest BCUT2D eigenvalue weighted by atomic mass is 9.98. The molecule has 0 aliphatic carbocycles. The van der Waals surface area contributed by atoms with Gasteiger partial charge in [0, 0.05) is 13.0 Å². The van der Waals surface area contributed by atoms with Gasteiger partial charge in [0.2, 0.25) is 11.8 Å². The van der Waals surface area contributed by atoms with Crippen LogP contribution in [0.2, 0.25) is 5.02 Å². The van der Waals surface area contributed by atoms with E-state index < -0.39 is 0 Å². The molecule has 104 valence electrons. The van der Waals surface area contributed by atoms with Crippen molar-refractivity contribution in [3.05, 3.63) is 22.7 Å². The SMILES string of the molecule is O=C1CCC(C(=O)Nc2c(Cl)ccc3scnc23)CN1. The number of thiazole rings is 1. The Balaban J connectivity index is 1.82. The van der Waals surface area contributed by atoms with Crippen molar-refractivity contribution in [2.75, 3.05) is 11.9 Å². The summed E-state index contributed by atoms with van der Waals surface area (Å²) in [5.74, 6) is -0.362. The minimum absolute atomic E-state index is 0.00585. The third kappa shape index (κ3) is 2.48. The number of piperidine rings is 1. The maximum atomic E-state index is 12.2. The van der Waals surface area contributed by atoms with Crippen molar-refractivity contribution in [1.29, 1.82) is 0 Å². The highest BCUT2D eigenvalue weighted by molar-refractivity contribution is 7.16. The summed E-state index contributed by atoms with van der Waals surface area (Å²) in [7, 11) is 0. The van der Waals surface area contributed by atoms with E-state index in [1.165, 1.54) is 11.3 Å². The van der Waals surface area contributed by atoms with Gasteiger partial charge in [0.05, 0.1) is 26.8 Å². The van der Waals surface area contributed by atoms with Crippen LogP contribution in [-0.4, -0.2) is 23.3 Å². The molecule has 20 heavy (non-hydrogen) atoms. The molecule has 1 aromatic carbocycles. The van der Waals surface area contributed by atoms with Crippen LogP contribution in [0.4, 0.5) is 5.69 Å². The van der Waals surface area contributed by atoms with Crippen molar-refractivity contribution in [3.63, 3.8) is 0 Å². The first-order valence-electron chi connectivity index (χ1n) is 6.24. The summed E-state index contributed by atoms with van der Waals surface area (Å²) in [6.45, 7) is 0.370. The van der Waals surface area contributed by atoms with E-state index >= 15 is 0 Å². The fraction of sp³-hybridized carbons (Fsp3) is 0.308. The Kier molecular flexibility index (Phi) is 3.58. The average molecular weight is 310 g/mol. The molecule has 0 spiro atoms. The van der Waals surface area contributed by atoms with Crippen LogP contribution < -0.4 is 10.6 Å². The molecule has 1 saturated heterocycles. The van der Waals surface area contributed by atoms with Gasteiger partial charge in [0.25, 0.3) is 0 Å². The number of benzene rings is 1. The second-order valence-electron chi connectivity index (χ2n) is 4.65. The molecule has 0 radical (unpaired) electrons. The maximum Gasteiger partial charge on any atom is 0.229 e. The number of fused-ring (bicyclic) bond motifs is 1. The number of rotatable bonds is 2. The molecular formula is C13H12ClN3O2S. The van der Waals surface area contributed by atoms with Crippen LogP contribution in [0.1, 0.15) is 12.8 Å². The summed E-state index contributed by atoms with van der Waals surface area (Å²) in [5, 5.41) is 6.01. The van der Waals surface area contributed by atoms with Crippen LogP contribution in [0.15, 0.2) is 17.6 Å². The lowest BCUT2D eigenvalue weighted by Crippen LogP contribution is -2.40. The molecule has 2 heterocycles. The molecule has 1 aliphatic heterocycles. The van der Waals surface area contributed by atoms with Gasteiger partial charge in [-0.3, -0.25) is 9.59 Å². The molecule has 1 unspecified atom stereocenters. The fourth-order valence-electron chi connectivity index (χ4n) is 2.21. The lowest BCUT2D eigenvalue weighted by Gasteiger charge is -2.21. The standard InChI is InChI=1S/C13H12ClN3O2S/c14-8-2-3-9-12(16-6-20-9)11(8)17-13(19)7-1-4-10(18)15-5-7/h2-3,6-7H,1,4-5H2,(H,15,18)(H,17,19). The van der Waals surface area contributed by atoms with Crippen molar-refractivity contribution in [2.45, 2.75) is 12.8 Å². The number of amides is 2. The van der Waals surface area contributed by atoms with Gasteiger partial charge in [-0.25, -0.2) is 4.98 Å². The highest BCUT2D eigenvalue weighted by atomic mass is 35.5. The van der Waals surface area contributed by atoms with Gasteiger partial charge in [0.1, 0.15) is 5.52 Å². The molecule has 0 bridgehead atoms. The highest BCUT2D eigenvalue weighted by Crippen LogP contribution is 2.32. The van der Waals surface area contributed by atoms with Crippen LogP contribution in [0.3, 0.4) is 0 Å². The van der Waals surface area contributed by atoms with E-state index in [1.807, 2.05) is 6.07 Å². The molecule has 2 aromatic rings. The van der Waals surface area contributed by atoms with Crippen molar-refractivity contribution < 1.29 is 9.59 Å². The number of carbonyl (C=O) groups excluding carboxylic acids is 2. The first kappa shape index (κ1) is 13.3. The molecule has 1 atom stereocenters. The molecule has 5 nitrogen and oxygen atoms in total. The Morgan fingerprint density at radius 2 is 2.35 bits per heavy atom. The van der Waals surface area contributed by atoms with Crippen LogP contribution in [-0.2, 0) is 9.59 Å². The molecule has 7 heteroatoms. The van der Waals surface area contributed by atoms with Gasteiger partial charge < -0.3 is 10.6 Å². The van der Waals surface area contributed by atoms with E-state index in [4.69, 9.17) is 11.6 Å². The Bertz CT molecular complexity index is 675. The number of nitrogens with one attached hydrogen (secondary N) is 2. The Morgan fingerprint density at radius 3 is 3.10 bits per heavy atom. The Labute approximate surface area is 124 Å². The number of carbonyl (C=O) groups is 2. The molecule has 2 N–H and O–H groups in total. The molecule has 0 saturated carbocycles. The van der Waals surface area contributed by atoms with Crippen LogP contribution >= 0.6 is 22.9 Å². The first-order chi connectivity index (χ1) is 9.65. The summed E-state index contributed by atoms with van der Waals surface area (Å²) >= 11 is 7.64.